The summed E-state index contributed by atoms with van der Waals surface area (Å²) in [6, 6.07) is 0. The molecule has 0 aromatic rings. The summed E-state index contributed by atoms with van der Waals surface area (Å²) in [7, 11) is 0. The monoisotopic (exact) mass is 139 g/mol. The molecular formula is C9H15O. The van der Waals surface area contributed by atoms with Crippen LogP contribution < -0.4 is 0 Å². The zero-order valence-electron chi connectivity index (χ0n) is 6.44. The Kier molecular flexibility index (Phi) is 8.11. The van der Waals surface area contributed by atoms with Crippen LogP contribution in [0.3, 0.4) is 0 Å². The first-order chi connectivity index (χ1) is 4.91. The quantitative estimate of drug-likeness (QED) is 0.404. The van der Waals surface area contributed by atoms with Gasteiger partial charge >= 0.3 is 0 Å². The van der Waals surface area contributed by atoms with Crippen LogP contribution in [0, 0.1) is 19.3 Å². The van der Waals surface area contributed by atoms with Crippen LogP contribution in [-0.4, -0.2) is 13.2 Å². The highest BCUT2D eigenvalue weighted by molar-refractivity contribution is 4.82. The van der Waals surface area contributed by atoms with E-state index in [0.717, 1.165) is 25.9 Å². The molecule has 0 unspecified atom stereocenters. The third-order valence-electron chi connectivity index (χ3n) is 1.25. The molecule has 0 aliphatic heterocycles. The maximum absolute atomic E-state index is 5.08. The molecule has 0 bridgehead atoms. The molecule has 57 valence electrons. The number of unbranched alkanes of at least 4 members (excludes halogenated alkanes) is 3. The van der Waals surface area contributed by atoms with Gasteiger partial charge in [0.25, 0.3) is 0 Å². The summed E-state index contributed by atoms with van der Waals surface area (Å²) in [5, 5.41) is 0. The number of rotatable bonds is 6. The van der Waals surface area contributed by atoms with Crippen LogP contribution in [0.4, 0.5) is 0 Å². The van der Waals surface area contributed by atoms with Crippen LogP contribution in [0.5, 0.6) is 0 Å². The van der Waals surface area contributed by atoms with Crippen molar-refractivity contribution in [3.63, 3.8) is 0 Å². The predicted molar refractivity (Wildman–Crippen MR) is 43.5 cm³/mol. The molecule has 0 fully saturated rings. The minimum absolute atomic E-state index is 0.579. The molecule has 0 saturated heterocycles. The van der Waals surface area contributed by atoms with Crippen molar-refractivity contribution in [3.05, 3.63) is 6.92 Å². The first kappa shape index (κ1) is 9.52. The van der Waals surface area contributed by atoms with E-state index in [0.29, 0.717) is 6.61 Å². The Labute approximate surface area is 63.8 Å². The van der Waals surface area contributed by atoms with E-state index in [1.165, 1.54) is 6.42 Å². The summed E-state index contributed by atoms with van der Waals surface area (Å²) in [6.45, 7) is 4.97. The second-order valence-electron chi connectivity index (χ2n) is 2.13. The van der Waals surface area contributed by atoms with Gasteiger partial charge in [-0.25, -0.2) is 0 Å². The molecule has 0 atom stereocenters. The summed E-state index contributed by atoms with van der Waals surface area (Å²) in [4.78, 5) is 0. The maximum atomic E-state index is 5.08. The highest BCUT2D eigenvalue weighted by Gasteiger charge is 1.86. The molecule has 1 radical (unpaired) electrons. The first-order valence-electron chi connectivity index (χ1n) is 3.72. The zero-order valence-corrected chi connectivity index (χ0v) is 6.44. The lowest BCUT2D eigenvalue weighted by atomic mass is 10.2. The normalized spacial score (nSPS) is 9.20. The lowest BCUT2D eigenvalue weighted by molar-refractivity contribution is 0.156. The van der Waals surface area contributed by atoms with Crippen LogP contribution in [0.2, 0.25) is 0 Å². The molecule has 0 aromatic carbocycles. The van der Waals surface area contributed by atoms with Crippen molar-refractivity contribution in [3.8, 4) is 12.3 Å². The fourth-order valence-electron chi connectivity index (χ4n) is 0.710. The Hall–Kier alpha value is -0.480. The molecule has 0 amide bonds. The fraction of sp³-hybridized carbons (Fsp3) is 0.667. The molecular weight excluding hydrogens is 124 g/mol. The van der Waals surface area contributed by atoms with Crippen LogP contribution in [0.25, 0.3) is 0 Å². The van der Waals surface area contributed by atoms with Crippen LogP contribution in [-0.2, 0) is 4.74 Å². The molecule has 1 heteroatoms. The van der Waals surface area contributed by atoms with Crippen molar-refractivity contribution >= 4 is 0 Å². The number of hydrogen-bond donors (Lipinski definition) is 0. The molecule has 0 rings (SSSR count). The van der Waals surface area contributed by atoms with Gasteiger partial charge in [-0.15, -0.1) is 12.3 Å². The van der Waals surface area contributed by atoms with E-state index >= 15 is 0 Å². The van der Waals surface area contributed by atoms with Gasteiger partial charge in [-0.05, 0) is 19.8 Å². The molecule has 0 aromatic heterocycles. The zero-order chi connectivity index (χ0) is 7.66. The largest absolute Gasteiger partial charge is 0.381 e. The van der Waals surface area contributed by atoms with Gasteiger partial charge in [-0.3, -0.25) is 0 Å². The highest BCUT2D eigenvalue weighted by Crippen LogP contribution is 1.98. The van der Waals surface area contributed by atoms with Crippen molar-refractivity contribution in [2.45, 2.75) is 25.7 Å². The fourth-order valence-corrected chi connectivity index (χ4v) is 0.710. The molecule has 1 nitrogen and oxygen atoms in total. The molecule has 0 aliphatic carbocycles. The number of terminal acetylenes is 1. The molecule has 0 spiro atoms. The summed E-state index contributed by atoms with van der Waals surface area (Å²) >= 11 is 0. The van der Waals surface area contributed by atoms with Gasteiger partial charge in [0.1, 0.15) is 0 Å². The van der Waals surface area contributed by atoms with E-state index in [1.807, 2.05) is 0 Å². The van der Waals surface area contributed by atoms with Crippen molar-refractivity contribution in [2.24, 2.45) is 0 Å². The Morgan fingerprint density at radius 1 is 1.30 bits per heavy atom. The van der Waals surface area contributed by atoms with E-state index < -0.39 is 0 Å². The Morgan fingerprint density at radius 2 is 2.10 bits per heavy atom. The Balaban J connectivity index is 2.72. The van der Waals surface area contributed by atoms with E-state index in [9.17, 15) is 0 Å². The average Bonchev–Trinajstić information content (AvgIpc) is 1.97. The minimum Gasteiger partial charge on any atom is -0.381 e. The summed E-state index contributed by atoms with van der Waals surface area (Å²) in [6.07, 6.45) is 9.37. The summed E-state index contributed by atoms with van der Waals surface area (Å²) < 4.78 is 5.05. The van der Waals surface area contributed by atoms with E-state index in [1.54, 1.807) is 0 Å². The van der Waals surface area contributed by atoms with Gasteiger partial charge in [-0.1, -0.05) is 6.42 Å². The van der Waals surface area contributed by atoms with E-state index in [4.69, 9.17) is 11.2 Å². The molecule has 0 heterocycles. The Morgan fingerprint density at radius 3 is 2.70 bits per heavy atom. The molecule has 0 saturated carbocycles. The third kappa shape index (κ3) is 7.52. The van der Waals surface area contributed by atoms with Crippen LogP contribution in [0.1, 0.15) is 25.7 Å². The summed E-state index contributed by atoms with van der Waals surface area (Å²) in [5.41, 5.74) is 0. The van der Waals surface area contributed by atoms with Gasteiger partial charge < -0.3 is 4.74 Å². The van der Waals surface area contributed by atoms with E-state index in [2.05, 4.69) is 12.8 Å². The van der Waals surface area contributed by atoms with E-state index in [-0.39, 0.29) is 0 Å². The van der Waals surface area contributed by atoms with Gasteiger partial charge in [0.2, 0.25) is 0 Å². The smallest absolute Gasteiger partial charge is 0.0466 e. The molecule has 0 N–H and O–H groups in total. The summed E-state index contributed by atoms with van der Waals surface area (Å²) in [5.74, 6) is 2.61. The maximum Gasteiger partial charge on any atom is 0.0466 e. The Bertz CT molecular complexity index is 91.4. The van der Waals surface area contributed by atoms with Crippen LogP contribution >= 0.6 is 0 Å². The highest BCUT2D eigenvalue weighted by atomic mass is 16.5. The second kappa shape index (κ2) is 8.52. The number of hydrogen-bond acceptors (Lipinski definition) is 1. The van der Waals surface area contributed by atoms with Gasteiger partial charge in [0.05, 0.1) is 0 Å². The van der Waals surface area contributed by atoms with Crippen molar-refractivity contribution in [2.75, 3.05) is 13.2 Å². The van der Waals surface area contributed by atoms with Crippen molar-refractivity contribution in [1.82, 2.24) is 0 Å². The standard InChI is InChI=1S/C9H15O/c1-3-5-6-7-8-9-10-4-2/h1H,2,4-9H2. The molecule has 0 aliphatic rings. The van der Waals surface area contributed by atoms with Crippen LogP contribution in [0.15, 0.2) is 0 Å². The van der Waals surface area contributed by atoms with Crippen molar-refractivity contribution in [1.29, 1.82) is 0 Å². The average molecular weight is 139 g/mol. The van der Waals surface area contributed by atoms with Crippen molar-refractivity contribution < 1.29 is 4.74 Å². The SMILES string of the molecule is C#CCCCCCOC[CH2]. The minimum atomic E-state index is 0.579. The lowest BCUT2D eigenvalue weighted by Gasteiger charge is -1.98. The predicted octanol–water partition coefficient (Wildman–Crippen LogP) is 2.03. The first-order valence-corrected chi connectivity index (χ1v) is 3.72. The second-order valence-corrected chi connectivity index (χ2v) is 2.13. The van der Waals surface area contributed by atoms with Gasteiger partial charge in [-0.2, -0.15) is 0 Å². The number of ether oxygens (including phenoxy) is 1. The third-order valence-corrected chi connectivity index (χ3v) is 1.25. The molecule has 10 heavy (non-hydrogen) atoms. The van der Waals surface area contributed by atoms with Gasteiger partial charge in [0.15, 0.2) is 0 Å². The lowest BCUT2D eigenvalue weighted by Crippen LogP contribution is -1.92. The van der Waals surface area contributed by atoms with Gasteiger partial charge in [0, 0.05) is 19.6 Å². The topological polar surface area (TPSA) is 9.23 Å².